The molecule has 0 spiro atoms. The molecule has 3 heteroatoms. The predicted molar refractivity (Wildman–Crippen MR) is 97.0 cm³/mol. The van der Waals surface area contributed by atoms with Crippen molar-refractivity contribution in [2.45, 2.75) is 18.9 Å². The summed E-state index contributed by atoms with van der Waals surface area (Å²) in [6.07, 6.45) is 1.32. The largest absolute Gasteiger partial charge is 0.384 e. The fourth-order valence-electron chi connectivity index (χ4n) is 3.99. The summed E-state index contributed by atoms with van der Waals surface area (Å²) in [4.78, 5) is 2.46. The number of likely N-dealkylation sites (tertiary alicyclic amines) is 1. The highest BCUT2D eigenvalue weighted by molar-refractivity contribution is 5.64. The Balaban J connectivity index is 1.49. The Morgan fingerprint density at radius 2 is 2.04 bits per heavy atom. The van der Waals surface area contributed by atoms with Gasteiger partial charge < -0.3 is 15.5 Å². The Morgan fingerprint density at radius 3 is 2.83 bits per heavy atom. The smallest absolute Gasteiger partial charge is 0.0400 e. The zero-order chi connectivity index (χ0) is 15.6. The molecule has 2 N–H and O–H groups in total. The molecule has 4 rings (SSSR count). The van der Waals surface area contributed by atoms with Crippen LogP contribution in [0.1, 0.15) is 23.5 Å². The molecule has 0 aliphatic carbocycles. The third-order valence-corrected chi connectivity index (χ3v) is 5.30. The monoisotopic (exact) mass is 307 g/mol. The van der Waals surface area contributed by atoms with E-state index >= 15 is 0 Å². The minimum Gasteiger partial charge on any atom is -0.384 e. The van der Waals surface area contributed by atoms with E-state index in [0.717, 1.165) is 19.0 Å². The van der Waals surface area contributed by atoms with Gasteiger partial charge in [-0.25, -0.2) is 0 Å². The number of fused-ring (bicyclic) bond motifs is 1. The van der Waals surface area contributed by atoms with Crippen LogP contribution in [0.4, 0.5) is 11.4 Å². The van der Waals surface area contributed by atoms with Crippen LogP contribution in [0.25, 0.3) is 0 Å². The van der Waals surface area contributed by atoms with Crippen molar-refractivity contribution in [1.29, 1.82) is 0 Å². The van der Waals surface area contributed by atoms with Crippen LogP contribution in [0.2, 0.25) is 0 Å². The Bertz CT molecular complexity index is 668. The summed E-state index contributed by atoms with van der Waals surface area (Å²) in [6, 6.07) is 17.4. The van der Waals surface area contributed by atoms with Gasteiger partial charge in [-0.2, -0.15) is 0 Å². The van der Waals surface area contributed by atoms with Crippen molar-refractivity contribution in [3.8, 4) is 0 Å². The molecule has 0 saturated carbocycles. The summed E-state index contributed by atoms with van der Waals surface area (Å²) in [5.41, 5.74) is 5.38. The highest BCUT2D eigenvalue weighted by atomic mass is 15.1. The summed E-state index contributed by atoms with van der Waals surface area (Å²) in [6.45, 7) is 4.44. The summed E-state index contributed by atoms with van der Waals surface area (Å²) < 4.78 is 0. The van der Waals surface area contributed by atoms with E-state index in [1.54, 1.807) is 0 Å². The summed E-state index contributed by atoms with van der Waals surface area (Å²) >= 11 is 0. The second kappa shape index (κ2) is 6.25. The van der Waals surface area contributed by atoms with Crippen molar-refractivity contribution < 1.29 is 0 Å². The Morgan fingerprint density at radius 1 is 1.17 bits per heavy atom. The van der Waals surface area contributed by atoms with Gasteiger partial charge in [0.1, 0.15) is 0 Å². The molecule has 0 aromatic heterocycles. The fraction of sp³-hybridized carbons (Fsp3) is 0.400. The van der Waals surface area contributed by atoms with Crippen molar-refractivity contribution in [2.24, 2.45) is 5.92 Å². The highest BCUT2D eigenvalue weighted by Gasteiger charge is 2.33. The van der Waals surface area contributed by atoms with Crippen LogP contribution < -0.4 is 10.6 Å². The predicted octanol–water partition coefficient (Wildman–Crippen LogP) is 3.76. The van der Waals surface area contributed by atoms with Gasteiger partial charge in [0.25, 0.3) is 0 Å². The first-order valence-corrected chi connectivity index (χ1v) is 8.64. The zero-order valence-electron chi connectivity index (χ0n) is 13.8. The SMILES string of the molecule is CN1CCC(C2CNc3ccc(NCc4ccccc4)cc32)C1. The lowest BCUT2D eigenvalue weighted by Crippen LogP contribution is -2.19. The first-order valence-electron chi connectivity index (χ1n) is 8.64. The van der Waals surface area contributed by atoms with Gasteiger partial charge in [-0.1, -0.05) is 30.3 Å². The average Bonchev–Trinajstić information content (AvgIpc) is 3.19. The van der Waals surface area contributed by atoms with E-state index in [-0.39, 0.29) is 0 Å². The highest BCUT2D eigenvalue weighted by Crippen LogP contribution is 2.41. The summed E-state index contributed by atoms with van der Waals surface area (Å²) in [5, 5.41) is 7.17. The van der Waals surface area contributed by atoms with Crippen molar-refractivity contribution in [1.82, 2.24) is 4.90 Å². The summed E-state index contributed by atoms with van der Waals surface area (Å²) in [7, 11) is 2.24. The molecule has 2 heterocycles. The number of rotatable bonds is 4. The number of nitrogens with zero attached hydrogens (tertiary/aromatic N) is 1. The van der Waals surface area contributed by atoms with Gasteiger partial charge in [-0.3, -0.25) is 0 Å². The normalized spacial score (nSPS) is 23.5. The Kier molecular flexibility index (Phi) is 3.96. The summed E-state index contributed by atoms with van der Waals surface area (Å²) in [5.74, 6) is 1.45. The molecule has 2 aromatic rings. The van der Waals surface area contributed by atoms with E-state index in [9.17, 15) is 0 Å². The molecule has 3 nitrogen and oxygen atoms in total. The van der Waals surface area contributed by atoms with E-state index in [1.165, 1.54) is 42.0 Å². The van der Waals surface area contributed by atoms with Crippen LogP contribution >= 0.6 is 0 Å². The molecule has 1 fully saturated rings. The number of hydrogen-bond acceptors (Lipinski definition) is 3. The second-order valence-electron chi connectivity index (χ2n) is 6.94. The molecule has 0 radical (unpaired) electrons. The van der Waals surface area contributed by atoms with Gasteiger partial charge in [-0.15, -0.1) is 0 Å². The molecule has 2 atom stereocenters. The second-order valence-corrected chi connectivity index (χ2v) is 6.94. The molecule has 0 bridgehead atoms. The molecule has 120 valence electrons. The van der Waals surface area contributed by atoms with Crippen LogP contribution in [-0.4, -0.2) is 31.6 Å². The maximum Gasteiger partial charge on any atom is 0.0400 e. The topological polar surface area (TPSA) is 27.3 Å². The Hall–Kier alpha value is -2.00. The molecule has 2 aliphatic heterocycles. The van der Waals surface area contributed by atoms with Crippen molar-refractivity contribution in [3.63, 3.8) is 0 Å². The van der Waals surface area contributed by atoms with E-state index in [2.05, 4.69) is 71.1 Å². The van der Waals surface area contributed by atoms with Crippen LogP contribution in [0.5, 0.6) is 0 Å². The number of nitrogens with one attached hydrogen (secondary N) is 2. The minimum atomic E-state index is 0.661. The first-order chi connectivity index (χ1) is 11.3. The number of benzene rings is 2. The van der Waals surface area contributed by atoms with Crippen LogP contribution in [0.3, 0.4) is 0 Å². The maximum atomic E-state index is 3.60. The molecule has 2 aromatic carbocycles. The molecule has 2 aliphatic rings. The third-order valence-electron chi connectivity index (χ3n) is 5.30. The quantitative estimate of drug-likeness (QED) is 0.900. The first kappa shape index (κ1) is 14.6. The van der Waals surface area contributed by atoms with Gasteiger partial charge >= 0.3 is 0 Å². The van der Waals surface area contributed by atoms with Crippen LogP contribution in [0, 0.1) is 5.92 Å². The van der Waals surface area contributed by atoms with E-state index in [1.807, 2.05) is 0 Å². The molecular weight excluding hydrogens is 282 g/mol. The molecule has 23 heavy (non-hydrogen) atoms. The van der Waals surface area contributed by atoms with Gasteiger partial charge in [0.2, 0.25) is 0 Å². The number of anilines is 2. The van der Waals surface area contributed by atoms with Crippen molar-refractivity contribution in [2.75, 3.05) is 37.3 Å². The van der Waals surface area contributed by atoms with Crippen LogP contribution in [0.15, 0.2) is 48.5 Å². The molecule has 1 saturated heterocycles. The van der Waals surface area contributed by atoms with Gasteiger partial charge in [0.05, 0.1) is 0 Å². The zero-order valence-corrected chi connectivity index (χ0v) is 13.8. The van der Waals surface area contributed by atoms with Crippen molar-refractivity contribution >= 4 is 11.4 Å². The lowest BCUT2D eigenvalue weighted by atomic mass is 9.87. The van der Waals surface area contributed by atoms with E-state index < -0.39 is 0 Å². The third kappa shape index (κ3) is 3.06. The number of hydrogen-bond donors (Lipinski definition) is 2. The maximum absolute atomic E-state index is 3.60. The molecule has 0 amide bonds. The van der Waals surface area contributed by atoms with Gasteiger partial charge in [0, 0.05) is 36.9 Å². The lowest BCUT2D eigenvalue weighted by molar-refractivity contribution is 0.377. The van der Waals surface area contributed by atoms with Gasteiger partial charge in [0.15, 0.2) is 0 Å². The van der Waals surface area contributed by atoms with Crippen LogP contribution in [-0.2, 0) is 6.54 Å². The standard InChI is InChI=1S/C20H25N3/c1-23-10-9-16(14-23)19-13-22-20-8-7-17(11-18(19)20)21-12-15-5-3-2-4-6-15/h2-8,11,16,19,21-22H,9-10,12-14H2,1H3. The lowest BCUT2D eigenvalue weighted by Gasteiger charge is -2.19. The van der Waals surface area contributed by atoms with Crippen molar-refractivity contribution in [3.05, 3.63) is 59.7 Å². The average molecular weight is 307 g/mol. The molecule has 2 unspecified atom stereocenters. The Labute approximate surface area is 138 Å². The molecular formula is C20H25N3. The van der Waals surface area contributed by atoms with E-state index in [0.29, 0.717) is 5.92 Å². The minimum absolute atomic E-state index is 0.661. The van der Waals surface area contributed by atoms with Gasteiger partial charge in [-0.05, 0) is 55.3 Å². The van der Waals surface area contributed by atoms with E-state index in [4.69, 9.17) is 0 Å². The fourth-order valence-corrected chi connectivity index (χ4v) is 3.99.